The Morgan fingerprint density at radius 3 is 3.11 bits per heavy atom. The zero-order valence-electron chi connectivity index (χ0n) is 10.3. The maximum absolute atomic E-state index is 11.2. The van der Waals surface area contributed by atoms with Crippen LogP contribution in [0.4, 0.5) is 5.69 Å². The lowest BCUT2D eigenvalue weighted by atomic mass is 10.1. The Morgan fingerprint density at radius 1 is 1.50 bits per heavy atom. The highest BCUT2D eigenvalue weighted by atomic mass is 16.5. The zero-order valence-corrected chi connectivity index (χ0v) is 10.3. The number of esters is 1. The van der Waals surface area contributed by atoms with E-state index in [1.807, 2.05) is 18.2 Å². The molecule has 0 saturated carbocycles. The van der Waals surface area contributed by atoms with Crippen LogP contribution in [0, 0.1) is 0 Å². The van der Waals surface area contributed by atoms with E-state index in [-0.39, 0.29) is 18.4 Å². The van der Waals surface area contributed by atoms with Gasteiger partial charge in [-0.1, -0.05) is 12.1 Å². The van der Waals surface area contributed by atoms with Crippen molar-refractivity contribution < 1.29 is 14.3 Å². The molecule has 2 rings (SSSR count). The summed E-state index contributed by atoms with van der Waals surface area (Å²) in [5.74, 6) is -0.225. The van der Waals surface area contributed by atoms with E-state index in [0.717, 1.165) is 16.8 Å². The number of amides is 1. The zero-order chi connectivity index (χ0) is 13.0. The summed E-state index contributed by atoms with van der Waals surface area (Å²) in [6, 6.07) is 5.80. The van der Waals surface area contributed by atoms with Crippen LogP contribution in [-0.2, 0) is 27.3 Å². The summed E-state index contributed by atoms with van der Waals surface area (Å²) in [5.41, 5.74) is 2.94. The first kappa shape index (κ1) is 12.6. The molecule has 18 heavy (non-hydrogen) atoms. The highest BCUT2D eigenvalue weighted by Crippen LogP contribution is 2.23. The summed E-state index contributed by atoms with van der Waals surface area (Å²) >= 11 is 0. The summed E-state index contributed by atoms with van der Waals surface area (Å²) < 4.78 is 4.81. The molecule has 1 heterocycles. The van der Waals surface area contributed by atoms with Gasteiger partial charge >= 0.3 is 5.97 Å². The van der Waals surface area contributed by atoms with Crippen LogP contribution in [0.25, 0.3) is 0 Å². The number of ether oxygens (including phenoxy) is 1. The van der Waals surface area contributed by atoms with Gasteiger partial charge in [-0.15, -0.1) is 0 Å². The number of benzene rings is 1. The minimum atomic E-state index is -0.254. The van der Waals surface area contributed by atoms with Crippen molar-refractivity contribution >= 4 is 17.6 Å². The maximum atomic E-state index is 11.2. The normalized spacial score (nSPS) is 13.1. The minimum absolute atomic E-state index is 0.0293. The number of carbonyl (C=O) groups excluding carboxylic acids is 2. The fourth-order valence-corrected chi connectivity index (χ4v) is 1.91. The molecule has 1 aliphatic heterocycles. The molecule has 1 aromatic carbocycles. The highest BCUT2D eigenvalue weighted by Gasteiger charge is 2.17. The van der Waals surface area contributed by atoms with Crippen LogP contribution >= 0.6 is 0 Å². The Kier molecular flexibility index (Phi) is 3.94. The smallest absolute Gasteiger partial charge is 0.319 e. The molecule has 0 radical (unpaired) electrons. The van der Waals surface area contributed by atoms with Crippen LogP contribution in [0.15, 0.2) is 18.2 Å². The lowest BCUT2D eigenvalue weighted by Gasteiger charge is -2.06. The molecule has 1 aromatic rings. The van der Waals surface area contributed by atoms with Crippen LogP contribution in [0.1, 0.15) is 18.1 Å². The number of fused-ring (bicyclic) bond motifs is 1. The molecule has 0 atom stereocenters. The number of nitrogens with one attached hydrogen (secondary N) is 2. The van der Waals surface area contributed by atoms with E-state index in [9.17, 15) is 9.59 Å². The van der Waals surface area contributed by atoms with Gasteiger partial charge in [0.2, 0.25) is 5.91 Å². The van der Waals surface area contributed by atoms with E-state index < -0.39 is 0 Å². The molecule has 0 fully saturated rings. The van der Waals surface area contributed by atoms with E-state index in [0.29, 0.717) is 19.6 Å². The molecule has 5 nitrogen and oxygen atoms in total. The van der Waals surface area contributed by atoms with E-state index in [4.69, 9.17) is 4.74 Å². The van der Waals surface area contributed by atoms with E-state index >= 15 is 0 Å². The Labute approximate surface area is 106 Å². The minimum Gasteiger partial charge on any atom is -0.465 e. The third-order valence-electron chi connectivity index (χ3n) is 2.70. The van der Waals surface area contributed by atoms with E-state index in [1.165, 1.54) is 0 Å². The van der Waals surface area contributed by atoms with Crippen molar-refractivity contribution in [2.45, 2.75) is 19.9 Å². The third kappa shape index (κ3) is 3.07. The van der Waals surface area contributed by atoms with Crippen molar-refractivity contribution in [3.05, 3.63) is 29.3 Å². The second-order valence-electron chi connectivity index (χ2n) is 4.13. The SMILES string of the molecule is CCOC(=O)CNCc1ccc2c(c1)CC(=O)N2. The topological polar surface area (TPSA) is 67.4 Å². The Balaban J connectivity index is 1.86. The second kappa shape index (κ2) is 5.64. The van der Waals surface area contributed by atoms with Crippen LogP contribution in [-0.4, -0.2) is 25.0 Å². The fourth-order valence-electron chi connectivity index (χ4n) is 1.91. The summed E-state index contributed by atoms with van der Waals surface area (Å²) in [4.78, 5) is 22.3. The van der Waals surface area contributed by atoms with Gasteiger partial charge in [0.1, 0.15) is 0 Å². The van der Waals surface area contributed by atoms with Gasteiger partial charge in [0.25, 0.3) is 0 Å². The second-order valence-corrected chi connectivity index (χ2v) is 4.13. The molecule has 0 saturated heterocycles. The summed E-state index contributed by atoms with van der Waals surface area (Å²) in [7, 11) is 0. The van der Waals surface area contributed by atoms with Crippen molar-refractivity contribution in [1.82, 2.24) is 5.32 Å². The Morgan fingerprint density at radius 2 is 2.33 bits per heavy atom. The summed E-state index contributed by atoms with van der Waals surface area (Å²) in [6.07, 6.45) is 0.432. The molecule has 0 bridgehead atoms. The van der Waals surface area contributed by atoms with Crippen LogP contribution in [0.5, 0.6) is 0 Å². The van der Waals surface area contributed by atoms with Crippen molar-refractivity contribution in [2.75, 3.05) is 18.5 Å². The van der Waals surface area contributed by atoms with Crippen LogP contribution < -0.4 is 10.6 Å². The molecule has 0 aliphatic carbocycles. The molecule has 1 aliphatic rings. The quantitative estimate of drug-likeness (QED) is 0.757. The fraction of sp³-hybridized carbons (Fsp3) is 0.385. The number of rotatable bonds is 5. The van der Waals surface area contributed by atoms with Crippen molar-refractivity contribution in [3.8, 4) is 0 Å². The molecule has 0 unspecified atom stereocenters. The van der Waals surface area contributed by atoms with Gasteiger partial charge in [-0.25, -0.2) is 0 Å². The largest absolute Gasteiger partial charge is 0.465 e. The van der Waals surface area contributed by atoms with Gasteiger partial charge < -0.3 is 15.4 Å². The van der Waals surface area contributed by atoms with Crippen molar-refractivity contribution in [2.24, 2.45) is 0 Å². The first-order valence-electron chi connectivity index (χ1n) is 5.97. The average molecular weight is 248 g/mol. The van der Waals surface area contributed by atoms with Gasteiger partial charge in [-0.2, -0.15) is 0 Å². The van der Waals surface area contributed by atoms with Crippen molar-refractivity contribution in [3.63, 3.8) is 0 Å². The molecular formula is C13H16N2O3. The number of hydrogen-bond acceptors (Lipinski definition) is 4. The van der Waals surface area contributed by atoms with Gasteiger partial charge in [0.15, 0.2) is 0 Å². The van der Waals surface area contributed by atoms with E-state index in [2.05, 4.69) is 10.6 Å². The molecule has 5 heteroatoms. The van der Waals surface area contributed by atoms with Crippen LogP contribution in [0.3, 0.4) is 0 Å². The average Bonchev–Trinajstić information content (AvgIpc) is 2.69. The Bertz CT molecular complexity index is 471. The standard InChI is InChI=1S/C13H16N2O3/c1-2-18-13(17)8-14-7-9-3-4-11-10(5-9)6-12(16)15-11/h3-5,14H,2,6-8H2,1H3,(H,15,16). The molecule has 1 amide bonds. The predicted molar refractivity (Wildman–Crippen MR) is 67.1 cm³/mol. The highest BCUT2D eigenvalue weighted by molar-refractivity contribution is 5.99. The molecular weight excluding hydrogens is 232 g/mol. The summed E-state index contributed by atoms with van der Waals surface area (Å²) in [6.45, 7) is 2.96. The van der Waals surface area contributed by atoms with E-state index in [1.54, 1.807) is 6.92 Å². The van der Waals surface area contributed by atoms with Gasteiger partial charge in [0, 0.05) is 12.2 Å². The third-order valence-corrected chi connectivity index (χ3v) is 2.70. The lowest BCUT2D eigenvalue weighted by Crippen LogP contribution is -2.24. The lowest BCUT2D eigenvalue weighted by molar-refractivity contribution is -0.142. The number of hydrogen-bond donors (Lipinski definition) is 2. The van der Waals surface area contributed by atoms with Gasteiger partial charge in [-0.3, -0.25) is 9.59 Å². The monoisotopic (exact) mass is 248 g/mol. The molecule has 0 aromatic heterocycles. The molecule has 0 spiro atoms. The number of carbonyl (C=O) groups is 2. The maximum Gasteiger partial charge on any atom is 0.319 e. The number of anilines is 1. The molecule has 2 N–H and O–H groups in total. The first-order valence-corrected chi connectivity index (χ1v) is 5.97. The Hall–Kier alpha value is -1.88. The van der Waals surface area contributed by atoms with Crippen LogP contribution in [0.2, 0.25) is 0 Å². The van der Waals surface area contributed by atoms with Gasteiger partial charge in [-0.05, 0) is 24.1 Å². The summed E-state index contributed by atoms with van der Waals surface area (Å²) in [5, 5.41) is 5.79. The predicted octanol–water partition coefficient (Wildman–Crippen LogP) is 0.834. The first-order chi connectivity index (χ1) is 8.69. The van der Waals surface area contributed by atoms with Gasteiger partial charge in [0.05, 0.1) is 19.6 Å². The van der Waals surface area contributed by atoms with Crippen molar-refractivity contribution in [1.29, 1.82) is 0 Å². The molecule has 96 valence electrons.